The molecule has 1 fully saturated rings. The molecular weight excluding hydrogens is 202 g/mol. The summed E-state index contributed by atoms with van der Waals surface area (Å²) in [6.07, 6.45) is 5.20. The zero-order valence-corrected chi connectivity index (χ0v) is 9.02. The van der Waals surface area contributed by atoms with Crippen LogP contribution in [-0.4, -0.2) is 11.1 Å². The number of aliphatic carboxylic acids is 1. The van der Waals surface area contributed by atoms with Gasteiger partial charge in [-0.2, -0.15) is 0 Å². The summed E-state index contributed by atoms with van der Waals surface area (Å²) >= 11 is 0. The SMILES string of the molecule is N/C(=C/c1ccccc1C1CCC1)C(=O)O. The van der Waals surface area contributed by atoms with E-state index < -0.39 is 5.97 Å². The molecule has 1 saturated carbocycles. The first-order valence-electron chi connectivity index (χ1n) is 5.48. The molecule has 0 atom stereocenters. The van der Waals surface area contributed by atoms with Gasteiger partial charge in [-0.15, -0.1) is 0 Å². The number of carbonyl (C=O) groups is 1. The van der Waals surface area contributed by atoms with Crippen LogP contribution in [0.4, 0.5) is 0 Å². The van der Waals surface area contributed by atoms with Crippen molar-refractivity contribution in [3.8, 4) is 0 Å². The Kier molecular flexibility index (Phi) is 2.95. The summed E-state index contributed by atoms with van der Waals surface area (Å²) in [5, 5.41) is 8.75. The highest BCUT2D eigenvalue weighted by Crippen LogP contribution is 2.38. The quantitative estimate of drug-likeness (QED) is 0.764. The normalized spacial score (nSPS) is 16.9. The number of carboxylic acid groups (broad SMARTS) is 1. The molecule has 0 saturated heterocycles. The third kappa shape index (κ3) is 2.08. The standard InChI is InChI=1S/C13H15NO2/c14-12(13(15)16)8-10-4-1-2-7-11(10)9-5-3-6-9/h1-2,4,7-9H,3,5-6,14H2,(H,15,16)/b12-8+. The summed E-state index contributed by atoms with van der Waals surface area (Å²) in [7, 11) is 0. The van der Waals surface area contributed by atoms with E-state index in [4.69, 9.17) is 10.8 Å². The van der Waals surface area contributed by atoms with Crippen LogP contribution in [0.1, 0.15) is 36.3 Å². The van der Waals surface area contributed by atoms with Crippen LogP contribution in [0.15, 0.2) is 30.0 Å². The van der Waals surface area contributed by atoms with Crippen LogP contribution in [0.3, 0.4) is 0 Å². The number of carboxylic acids is 1. The van der Waals surface area contributed by atoms with Crippen molar-refractivity contribution < 1.29 is 9.90 Å². The highest BCUT2D eigenvalue weighted by atomic mass is 16.4. The van der Waals surface area contributed by atoms with E-state index in [1.165, 1.54) is 24.8 Å². The van der Waals surface area contributed by atoms with Gasteiger partial charge >= 0.3 is 5.97 Å². The molecule has 1 aliphatic carbocycles. The van der Waals surface area contributed by atoms with E-state index in [2.05, 4.69) is 6.07 Å². The molecule has 0 radical (unpaired) electrons. The lowest BCUT2D eigenvalue weighted by Gasteiger charge is -2.27. The average Bonchev–Trinajstić information content (AvgIpc) is 2.18. The molecule has 3 heteroatoms. The van der Waals surface area contributed by atoms with E-state index in [1.54, 1.807) is 6.08 Å². The second-order valence-electron chi connectivity index (χ2n) is 4.16. The Bertz CT molecular complexity index is 433. The minimum atomic E-state index is -1.07. The van der Waals surface area contributed by atoms with Crippen LogP contribution in [0.25, 0.3) is 6.08 Å². The number of hydrogen-bond donors (Lipinski definition) is 2. The maximum absolute atomic E-state index is 10.7. The lowest BCUT2D eigenvalue weighted by Crippen LogP contribution is -2.12. The topological polar surface area (TPSA) is 63.3 Å². The minimum Gasteiger partial charge on any atom is -0.477 e. The Hall–Kier alpha value is -1.77. The van der Waals surface area contributed by atoms with Crippen LogP contribution in [0.2, 0.25) is 0 Å². The fraction of sp³-hybridized carbons (Fsp3) is 0.308. The average molecular weight is 217 g/mol. The van der Waals surface area contributed by atoms with Gasteiger partial charge in [0.05, 0.1) is 0 Å². The second-order valence-corrected chi connectivity index (χ2v) is 4.16. The monoisotopic (exact) mass is 217 g/mol. The number of benzene rings is 1. The second kappa shape index (κ2) is 4.39. The van der Waals surface area contributed by atoms with Gasteiger partial charge in [-0.3, -0.25) is 0 Å². The smallest absolute Gasteiger partial charge is 0.351 e. The first kappa shape index (κ1) is 10.7. The molecule has 3 N–H and O–H groups in total. The molecule has 0 amide bonds. The Morgan fingerprint density at radius 2 is 2.06 bits per heavy atom. The minimum absolute atomic E-state index is 0.105. The first-order valence-corrected chi connectivity index (χ1v) is 5.48. The van der Waals surface area contributed by atoms with Gasteiger partial charge in [-0.25, -0.2) is 4.79 Å². The van der Waals surface area contributed by atoms with Crippen molar-refractivity contribution in [3.05, 3.63) is 41.1 Å². The predicted octanol–water partition coefficient (Wildman–Crippen LogP) is 2.34. The molecule has 0 unspecified atom stereocenters. The van der Waals surface area contributed by atoms with Crippen LogP contribution in [-0.2, 0) is 4.79 Å². The molecule has 1 aliphatic rings. The summed E-state index contributed by atoms with van der Waals surface area (Å²) in [6, 6.07) is 7.87. The third-order valence-electron chi connectivity index (χ3n) is 3.10. The van der Waals surface area contributed by atoms with E-state index in [9.17, 15) is 4.79 Å². The third-order valence-corrected chi connectivity index (χ3v) is 3.10. The molecule has 1 aromatic carbocycles. The lowest BCUT2D eigenvalue weighted by molar-refractivity contribution is -0.132. The highest BCUT2D eigenvalue weighted by Gasteiger charge is 2.21. The summed E-state index contributed by atoms with van der Waals surface area (Å²) < 4.78 is 0. The van der Waals surface area contributed by atoms with Crippen LogP contribution in [0.5, 0.6) is 0 Å². The van der Waals surface area contributed by atoms with Crippen LogP contribution < -0.4 is 5.73 Å². The molecule has 1 aromatic rings. The molecule has 0 bridgehead atoms. The van der Waals surface area contributed by atoms with Crippen LogP contribution in [0, 0.1) is 0 Å². The van der Waals surface area contributed by atoms with Crippen molar-refractivity contribution in [2.24, 2.45) is 5.73 Å². The van der Waals surface area contributed by atoms with Gasteiger partial charge in [-0.05, 0) is 36.0 Å². The molecule has 16 heavy (non-hydrogen) atoms. The Balaban J connectivity index is 2.32. The number of nitrogens with two attached hydrogens (primary N) is 1. The molecule has 0 aliphatic heterocycles. The molecule has 84 valence electrons. The van der Waals surface area contributed by atoms with E-state index in [-0.39, 0.29) is 5.70 Å². The maximum atomic E-state index is 10.7. The summed E-state index contributed by atoms with van der Waals surface area (Å²) in [5.74, 6) is -0.488. The molecule has 0 aromatic heterocycles. The molecule has 0 heterocycles. The zero-order chi connectivity index (χ0) is 11.5. The van der Waals surface area contributed by atoms with Gasteiger partial charge in [0.25, 0.3) is 0 Å². The maximum Gasteiger partial charge on any atom is 0.351 e. The van der Waals surface area contributed by atoms with E-state index >= 15 is 0 Å². The largest absolute Gasteiger partial charge is 0.477 e. The Morgan fingerprint density at radius 3 is 2.62 bits per heavy atom. The summed E-state index contributed by atoms with van der Waals surface area (Å²) in [5.41, 5.74) is 7.49. The Labute approximate surface area is 94.6 Å². The number of rotatable bonds is 3. The van der Waals surface area contributed by atoms with Gasteiger partial charge in [0.2, 0.25) is 0 Å². The van der Waals surface area contributed by atoms with Crippen molar-refractivity contribution in [1.29, 1.82) is 0 Å². The highest BCUT2D eigenvalue weighted by molar-refractivity contribution is 5.91. The van der Waals surface area contributed by atoms with Crippen molar-refractivity contribution in [2.75, 3.05) is 0 Å². The summed E-state index contributed by atoms with van der Waals surface area (Å²) in [6.45, 7) is 0. The number of hydrogen-bond acceptors (Lipinski definition) is 2. The van der Waals surface area contributed by atoms with Crippen molar-refractivity contribution >= 4 is 12.0 Å². The van der Waals surface area contributed by atoms with Gasteiger partial charge in [0, 0.05) is 0 Å². The van der Waals surface area contributed by atoms with Crippen molar-refractivity contribution in [1.82, 2.24) is 0 Å². The zero-order valence-electron chi connectivity index (χ0n) is 9.02. The molecular formula is C13H15NO2. The van der Waals surface area contributed by atoms with E-state index in [0.29, 0.717) is 5.92 Å². The molecule has 3 nitrogen and oxygen atoms in total. The van der Waals surface area contributed by atoms with E-state index in [1.807, 2.05) is 18.2 Å². The van der Waals surface area contributed by atoms with Gasteiger partial charge in [0.15, 0.2) is 0 Å². The van der Waals surface area contributed by atoms with E-state index in [0.717, 1.165) is 5.56 Å². The van der Waals surface area contributed by atoms with Gasteiger partial charge in [-0.1, -0.05) is 30.7 Å². The lowest BCUT2D eigenvalue weighted by atomic mass is 9.78. The van der Waals surface area contributed by atoms with Gasteiger partial charge < -0.3 is 10.8 Å². The van der Waals surface area contributed by atoms with Crippen molar-refractivity contribution in [3.63, 3.8) is 0 Å². The predicted molar refractivity (Wildman–Crippen MR) is 62.8 cm³/mol. The fourth-order valence-electron chi connectivity index (χ4n) is 1.96. The van der Waals surface area contributed by atoms with Crippen LogP contribution >= 0.6 is 0 Å². The van der Waals surface area contributed by atoms with Crippen molar-refractivity contribution in [2.45, 2.75) is 25.2 Å². The first-order chi connectivity index (χ1) is 7.68. The molecule has 2 rings (SSSR count). The summed E-state index contributed by atoms with van der Waals surface area (Å²) in [4.78, 5) is 10.7. The molecule has 0 spiro atoms. The van der Waals surface area contributed by atoms with Gasteiger partial charge in [0.1, 0.15) is 5.70 Å². The Morgan fingerprint density at radius 1 is 1.38 bits per heavy atom. The fourth-order valence-corrected chi connectivity index (χ4v) is 1.96.